The number of benzene rings is 1. The van der Waals surface area contributed by atoms with Gasteiger partial charge in [0.25, 0.3) is 0 Å². The van der Waals surface area contributed by atoms with E-state index in [-0.39, 0.29) is 0 Å². The highest BCUT2D eigenvalue weighted by Crippen LogP contribution is 2.18. The molecular formula is C10H6O. The monoisotopic (exact) mass is 142 g/mol. The summed E-state index contributed by atoms with van der Waals surface area (Å²) in [4.78, 5) is 0. The molecule has 0 saturated heterocycles. The Balaban J connectivity index is 2.92. The van der Waals surface area contributed by atoms with Crippen molar-refractivity contribution in [2.24, 2.45) is 0 Å². The van der Waals surface area contributed by atoms with Crippen LogP contribution in [0.3, 0.4) is 0 Å². The van der Waals surface area contributed by atoms with E-state index in [1.54, 1.807) is 12.5 Å². The second-order valence-electron chi connectivity index (χ2n) is 2.32. The van der Waals surface area contributed by atoms with Gasteiger partial charge in [0.05, 0.1) is 12.5 Å². The number of hydrogen-bond acceptors (Lipinski definition) is 1. The van der Waals surface area contributed by atoms with Gasteiger partial charge in [-0.3, -0.25) is 0 Å². The van der Waals surface area contributed by atoms with Crippen LogP contribution in [-0.2, 0) is 0 Å². The Labute approximate surface area is 64.6 Å². The standard InChI is InChI=1S/C10H6O/c1-2-8-4-3-5-9-6-11-7-10(8)9/h1,3-7H. The molecule has 0 bridgehead atoms. The zero-order valence-corrected chi connectivity index (χ0v) is 5.87. The molecule has 1 heterocycles. The maximum Gasteiger partial charge on any atom is 0.0993 e. The Morgan fingerprint density at radius 3 is 3.00 bits per heavy atom. The maximum absolute atomic E-state index is 5.28. The maximum atomic E-state index is 5.28. The molecule has 0 amide bonds. The van der Waals surface area contributed by atoms with Crippen molar-refractivity contribution in [2.45, 2.75) is 0 Å². The van der Waals surface area contributed by atoms with Crippen LogP contribution in [0.25, 0.3) is 10.8 Å². The van der Waals surface area contributed by atoms with E-state index in [0.29, 0.717) is 0 Å². The van der Waals surface area contributed by atoms with Crippen LogP contribution in [0.4, 0.5) is 0 Å². The topological polar surface area (TPSA) is 13.1 Å². The number of fused-ring (bicyclic) bond motifs is 1. The van der Waals surface area contributed by atoms with E-state index in [9.17, 15) is 0 Å². The van der Waals surface area contributed by atoms with Gasteiger partial charge in [-0.25, -0.2) is 0 Å². The van der Waals surface area contributed by atoms with E-state index in [0.717, 1.165) is 16.3 Å². The average molecular weight is 142 g/mol. The number of terminal acetylenes is 1. The van der Waals surface area contributed by atoms with Crippen molar-refractivity contribution in [2.75, 3.05) is 0 Å². The summed E-state index contributed by atoms with van der Waals surface area (Å²) in [7, 11) is 0. The molecule has 0 aliphatic rings. The molecule has 1 nitrogen and oxygen atoms in total. The van der Waals surface area contributed by atoms with Crippen LogP contribution in [0.5, 0.6) is 0 Å². The highest BCUT2D eigenvalue weighted by Gasteiger charge is 1.97. The van der Waals surface area contributed by atoms with Crippen molar-refractivity contribution in [3.05, 3.63) is 36.3 Å². The Bertz CT molecular complexity index is 418. The summed E-state index contributed by atoms with van der Waals surface area (Å²) in [6.45, 7) is 0. The lowest BCUT2D eigenvalue weighted by Gasteiger charge is -1.89. The second-order valence-corrected chi connectivity index (χ2v) is 2.32. The molecule has 0 aliphatic heterocycles. The molecule has 0 spiro atoms. The van der Waals surface area contributed by atoms with Crippen LogP contribution in [0, 0.1) is 12.3 Å². The number of rotatable bonds is 0. The van der Waals surface area contributed by atoms with Crippen LogP contribution in [-0.4, -0.2) is 0 Å². The van der Waals surface area contributed by atoms with Crippen LogP contribution in [0.1, 0.15) is 5.56 Å². The Kier molecular flexibility index (Phi) is 1.20. The molecule has 2 rings (SSSR count). The van der Waals surface area contributed by atoms with Gasteiger partial charge < -0.3 is 4.42 Å². The molecule has 0 radical (unpaired) electrons. The van der Waals surface area contributed by atoms with E-state index in [2.05, 4.69) is 5.92 Å². The molecule has 0 N–H and O–H groups in total. The van der Waals surface area contributed by atoms with E-state index in [1.165, 1.54) is 0 Å². The van der Waals surface area contributed by atoms with Crippen molar-refractivity contribution in [1.29, 1.82) is 0 Å². The van der Waals surface area contributed by atoms with Crippen molar-refractivity contribution in [1.82, 2.24) is 0 Å². The minimum absolute atomic E-state index is 0.885. The number of hydrogen-bond donors (Lipinski definition) is 0. The Hall–Kier alpha value is -1.68. The molecular weight excluding hydrogens is 136 g/mol. The van der Waals surface area contributed by atoms with Crippen molar-refractivity contribution in [3.8, 4) is 12.3 Å². The van der Waals surface area contributed by atoms with Crippen LogP contribution in [0.2, 0.25) is 0 Å². The summed E-state index contributed by atoms with van der Waals surface area (Å²) in [6, 6.07) is 5.80. The summed E-state index contributed by atoms with van der Waals surface area (Å²) in [5.74, 6) is 2.60. The third-order valence-corrected chi connectivity index (χ3v) is 1.68. The molecule has 0 unspecified atom stereocenters. The van der Waals surface area contributed by atoms with Crippen LogP contribution in [0.15, 0.2) is 35.1 Å². The molecule has 0 saturated carbocycles. The summed E-state index contributed by atoms with van der Waals surface area (Å²) in [6.07, 6.45) is 8.65. The zero-order chi connectivity index (χ0) is 7.68. The predicted octanol–water partition coefficient (Wildman–Crippen LogP) is 2.41. The first-order valence-electron chi connectivity index (χ1n) is 3.33. The summed E-state index contributed by atoms with van der Waals surface area (Å²) < 4.78 is 5.01. The van der Waals surface area contributed by atoms with Gasteiger partial charge in [-0.2, -0.15) is 0 Å². The van der Waals surface area contributed by atoms with Crippen molar-refractivity contribution < 1.29 is 4.42 Å². The Morgan fingerprint density at radius 1 is 1.27 bits per heavy atom. The van der Waals surface area contributed by atoms with E-state index >= 15 is 0 Å². The third kappa shape index (κ3) is 0.805. The SMILES string of the molecule is C#Cc1cccc2cocc12. The molecule has 0 atom stereocenters. The molecule has 0 aliphatic carbocycles. The lowest BCUT2D eigenvalue weighted by molar-refractivity contribution is 0.572. The molecule has 2 aromatic rings. The zero-order valence-electron chi connectivity index (χ0n) is 5.87. The van der Waals surface area contributed by atoms with E-state index in [4.69, 9.17) is 10.8 Å². The highest BCUT2D eigenvalue weighted by atomic mass is 16.3. The molecule has 1 heteroatoms. The molecule has 11 heavy (non-hydrogen) atoms. The first-order chi connectivity index (χ1) is 5.42. The molecule has 1 aromatic heterocycles. The van der Waals surface area contributed by atoms with Gasteiger partial charge in [-0.1, -0.05) is 18.1 Å². The van der Waals surface area contributed by atoms with Gasteiger partial charge in [0, 0.05) is 16.3 Å². The summed E-state index contributed by atoms with van der Waals surface area (Å²) in [5.41, 5.74) is 0.885. The lowest BCUT2D eigenvalue weighted by atomic mass is 10.1. The van der Waals surface area contributed by atoms with E-state index in [1.807, 2.05) is 18.2 Å². The average Bonchev–Trinajstić information content (AvgIpc) is 2.50. The molecule has 0 fully saturated rings. The van der Waals surface area contributed by atoms with Gasteiger partial charge in [-0.05, 0) is 6.07 Å². The normalized spacial score (nSPS) is 9.73. The fourth-order valence-corrected chi connectivity index (χ4v) is 1.12. The van der Waals surface area contributed by atoms with Gasteiger partial charge in [0.15, 0.2) is 0 Å². The fourth-order valence-electron chi connectivity index (χ4n) is 1.12. The van der Waals surface area contributed by atoms with Crippen LogP contribution >= 0.6 is 0 Å². The first kappa shape index (κ1) is 6.06. The predicted molar refractivity (Wildman–Crippen MR) is 44.1 cm³/mol. The quantitative estimate of drug-likeness (QED) is 0.515. The largest absolute Gasteiger partial charge is 0.471 e. The number of furan rings is 1. The summed E-state index contributed by atoms with van der Waals surface area (Å²) in [5, 5.41) is 2.07. The fraction of sp³-hybridized carbons (Fsp3) is 0. The van der Waals surface area contributed by atoms with Gasteiger partial charge in [0.1, 0.15) is 0 Å². The highest BCUT2D eigenvalue weighted by molar-refractivity contribution is 5.86. The van der Waals surface area contributed by atoms with Gasteiger partial charge >= 0.3 is 0 Å². The summed E-state index contributed by atoms with van der Waals surface area (Å²) >= 11 is 0. The van der Waals surface area contributed by atoms with E-state index < -0.39 is 0 Å². The smallest absolute Gasteiger partial charge is 0.0993 e. The lowest BCUT2D eigenvalue weighted by Crippen LogP contribution is -1.72. The van der Waals surface area contributed by atoms with Crippen LogP contribution < -0.4 is 0 Å². The van der Waals surface area contributed by atoms with Gasteiger partial charge in [-0.15, -0.1) is 6.42 Å². The molecule has 52 valence electrons. The minimum Gasteiger partial charge on any atom is -0.471 e. The van der Waals surface area contributed by atoms with Crippen molar-refractivity contribution in [3.63, 3.8) is 0 Å². The molecule has 1 aromatic carbocycles. The van der Waals surface area contributed by atoms with Crippen molar-refractivity contribution >= 4 is 10.8 Å². The second kappa shape index (κ2) is 2.17. The third-order valence-electron chi connectivity index (χ3n) is 1.68. The minimum atomic E-state index is 0.885. The first-order valence-corrected chi connectivity index (χ1v) is 3.33. The Morgan fingerprint density at radius 2 is 2.18 bits per heavy atom. The van der Waals surface area contributed by atoms with Gasteiger partial charge in [0.2, 0.25) is 0 Å².